The molecule has 2 heteroatoms. The summed E-state index contributed by atoms with van der Waals surface area (Å²) in [6.07, 6.45) is 7.21. The highest BCUT2D eigenvalue weighted by Gasteiger charge is 2.28. The SMILES string of the molecule is CCC1CCC(O)C(Cc2ccccn2)C1. The Kier molecular flexibility index (Phi) is 3.94. The molecule has 0 spiro atoms. The van der Waals surface area contributed by atoms with Crippen LogP contribution < -0.4 is 0 Å². The van der Waals surface area contributed by atoms with Crippen molar-refractivity contribution < 1.29 is 5.11 Å². The van der Waals surface area contributed by atoms with E-state index in [4.69, 9.17) is 0 Å². The van der Waals surface area contributed by atoms with Crippen LogP contribution in [0.2, 0.25) is 0 Å². The van der Waals surface area contributed by atoms with Crippen LogP contribution >= 0.6 is 0 Å². The van der Waals surface area contributed by atoms with E-state index in [0.717, 1.165) is 30.9 Å². The Morgan fingerprint density at radius 3 is 2.94 bits per heavy atom. The van der Waals surface area contributed by atoms with Crippen LogP contribution in [0.3, 0.4) is 0 Å². The quantitative estimate of drug-likeness (QED) is 0.848. The monoisotopic (exact) mass is 219 g/mol. The predicted octanol–water partition coefficient (Wildman–Crippen LogP) is 2.81. The van der Waals surface area contributed by atoms with E-state index in [9.17, 15) is 5.11 Å². The fourth-order valence-electron chi connectivity index (χ4n) is 2.72. The highest BCUT2D eigenvalue weighted by atomic mass is 16.3. The van der Waals surface area contributed by atoms with Crippen LogP contribution in [0.25, 0.3) is 0 Å². The Hall–Kier alpha value is -0.890. The maximum Gasteiger partial charge on any atom is 0.0572 e. The lowest BCUT2D eigenvalue weighted by Gasteiger charge is -2.32. The Balaban J connectivity index is 1.97. The van der Waals surface area contributed by atoms with E-state index < -0.39 is 0 Å². The summed E-state index contributed by atoms with van der Waals surface area (Å²) in [6, 6.07) is 6.02. The number of aliphatic hydroxyl groups excluding tert-OH is 1. The molecule has 1 aromatic heterocycles. The number of pyridine rings is 1. The van der Waals surface area contributed by atoms with Crippen molar-refractivity contribution in [2.75, 3.05) is 0 Å². The van der Waals surface area contributed by atoms with Crippen LogP contribution in [0.4, 0.5) is 0 Å². The Labute approximate surface area is 97.7 Å². The smallest absolute Gasteiger partial charge is 0.0572 e. The van der Waals surface area contributed by atoms with Gasteiger partial charge in [-0.1, -0.05) is 19.4 Å². The average Bonchev–Trinajstić information content (AvgIpc) is 2.33. The van der Waals surface area contributed by atoms with Gasteiger partial charge in [0.25, 0.3) is 0 Å². The van der Waals surface area contributed by atoms with Gasteiger partial charge in [0.1, 0.15) is 0 Å². The van der Waals surface area contributed by atoms with Crippen LogP contribution in [0.1, 0.15) is 38.3 Å². The number of aromatic nitrogens is 1. The summed E-state index contributed by atoms with van der Waals surface area (Å²) < 4.78 is 0. The predicted molar refractivity (Wildman–Crippen MR) is 65.1 cm³/mol. The summed E-state index contributed by atoms with van der Waals surface area (Å²) in [5.41, 5.74) is 1.11. The van der Waals surface area contributed by atoms with Gasteiger partial charge in [-0.2, -0.15) is 0 Å². The molecule has 1 aliphatic rings. The molecule has 1 saturated carbocycles. The van der Waals surface area contributed by atoms with E-state index in [1.165, 1.54) is 12.8 Å². The third-order valence-electron chi connectivity index (χ3n) is 3.83. The van der Waals surface area contributed by atoms with Crippen LogP contribution in [-0.2, 0) is 6.42 Å². The number of hydrogen-bond acceptors (Lipinski definition) is 2. The molecular weight excluding hydrogens is 198 g/mol. The molecule has 2 rings (SSSR count). The van der Waals surface area contributed by atoms with Gasteiger partial charge in [-0.25, -0.2) is 0 Å². The van der Waals surface area contributed by atoms with Crippen molar-refractivity contribution in [3.8, 4) is 0 Å². The van der Waals surface area contributed by atoms with E-state index >= 15 is 0 Å². The lowest BCUT2D eigenvalue weighted by Crippen LogP contribution is -2.30. The fourth-order valence-corrected chi connectivity index (χ4v) is 2.72. The lowest BCUT2D eigenvalue weighted by molar-refractivity contribution is 0.0470. The lowest BCUT2D eigenvalue weighted by atomic mass is 9.76. The fraction of sp³-hybridized carbons (Fsp3) is 0.643. The summed E-state index contributed by atoms with van der Waals surface area (Å²) in [7, 11) is 0. The molecule has 3 atom stereocenters. The highest BCUT2D eigenvalue weighted by molar-refractivity contribution is 5.05. The first-order chi connectivity index (χ1) is 7.79. The highest BCUT2D eigenvalue weighted by Crippen LogP contribution is 2.32. The van der Waals surface area contributed by atoms with Crippen molar-refractivity contribution in [2.45, 2.75) is 45.1 Å². The van der Waals surface area contributed by atoms with E-state index in [-0.39, 0.29) is 6.10 Å². The van der Waals surface area contributed by atoms with Crippen molar-refractivity contribution in [3.63, 3.8) is 0 Å². The van der Waals surface area contributed by atoms with Gasteiger partial charge < -0.3 is 5.11 Å². The molecule has 1 fully saturated rings. The van der Waals surface area contributed by atoms with Crippen molar-refractivity contribution in [1.29, 1.82) is 0 Å². The summed E-state index contributed by atoms with van der Waals surface area (Å²) >= 11 is 0. The Morgan fingerprint density at radius 2 is 2.25 bits per heavy atom. The molecule has 3 unspecified atom stereocenters. The molecule has 0 radical (unpaired) electrons. The van der Waals surface area contributed by atoms with Crippen molar-refractivity contribution in [3.05, 3.63) is 30.1 Å². The zero-order chi connectivity index (χ0) is 11.4. The minimum atomic E-state index is -0.121. The molecule has 1 heterocycles. The number of hydrogen-bond donors (Lipinski definition) is 1. The standard InChI is InChI=1S/C14H21NO/c1-2-11-6-7-14(16)12(9-11)10-13-5-3-4-8-15-13/h3-5,8,11-12,14,16H,2,6-7,9-10H2,1H3. The topological polar surface area (TPSA) is 33.1 Å². The molecule has 88 valence electrons. The van der Waals surface area contributed by atoms with Crippen molar-refractivity contribution in [1.82, 2.24) is 4.98 Å². The van der Waals surface area contributed by atoms with E-state index in [1.807, 2.05) is 18.3 Å². The normalized spacial score (nSPS) is 30.2. The van der Waals surface area contributed by atoms with Crippen molar-refractivity contribution >= 4 is 0 Å². The van der Waals surface area contributed by atoms with Crippen molar-refractivity contribution in [2.24, 2.45) is 11.8 Å². The van der Waals surface area contributed by atoms with Gasteiger partial charge >= 0.3 is 0 Å². The van der Waals surface area contributed by atoms with Crippen LogP contribution in [-0.4, -0.2) is 16.2 Å². The summed E-state index contributed by atoms with van der Waals surface area (Å²) in [6.45, 7) is 2.25. The van der Waals surface area contributed by atoms with Gasteiger partial charge in [0.05, 0.1) is 6.10 Å². The largest absolute Gasteiger partial charge is 0.393 e. The van der Waals surface area contributed by atoms with Crippen LogP contribution in [0.15, 0.2) is 24.4 Å². The third-order valence-corrected chi connectivity index (χ3v) is 3.83. The number of nitrogens with zero attached hydrogens (tertiary/aromatic N) is 1. The number of rotatable bonds is 3. The first-order valence-electron chi connectivity index (χ1n) is 6.37. The van der Waals surface area contributed by atoms with E-state index in [0.29, 0.717) is 5.92 Å². The van der Waals surface area contributed by atoms with E-state index in [1.54, 1.807) is 0 Å². The molecule has 2 nitrogen and oxygen atoms in total. The maximum atomic E-state index is 10.0. The molecule has 0 saturated heterocycles. The molecule has 1 N–H and O–H groups in total. The minimum Gasteiger partial charge on any atom is -0.393 e. The van der Waals surface area contributed by atoms with Gasteiger partial charge in [0.15, 0.2) is 0 Å². The second-order valence-electron chi connectivity index (χ2n) is 4.94. The minimum absolute atomic E-state index is 0.121. The molecule has 1 aromatic rings. The molecule has 0 bridgehead atoms. The van der Waals surface area contributed by atoms with Gasteiger partial charge in [0.2, 0.25) is 0 Å². The summed E-state index contributed by atoms with van der Waals surface area (Å²) in [5.74, 6) is 1.21. The average molecular weight is 219 g/mol. The molecule has 16 heavy (non-hydrogen) atoms. The van der Waals surface area contributed by atoms with Crippen LogP contribution in [0, 0.1) is 11.8 Å². The Bertz CT molecular complexity index is 312. The Morgan fingerprint density at radius 1 is 1.38 bits per heavy atom. The second kappa shape index (κ2) is 5.44. The molecular formula is C14H21NO. The molecule has 0 amide bonds. The summed E-state index contributed by atoms with van der Waals surface area (Å²) in [5, 5.41) is 10.0. The van der Waals surface area contributed by atoms with Gasteiger partial charge in [-0.15, -0.1) is 0 Å². The zero-order valence-corrected chi connectivity index (χ0v) is 9.97. The first-order valence-corrected chi connectivity index (χ1v) is 6.37. The second-order valence-corrected chi connectivity index (χ2v) is 4.94. The zero-order valence-electron chi connectivity index (χ0n) is 9.97. The van der Waals surface area contributed by atoms with Gasteiger partial charge in [0, 0.05) is 11.9 Å². The van der Waals surface area contributed by atoms with Gasteiger partial charge in [-0.05, 0) is 49.7 Å². The molecule has 1 aliphatic carbocycles. The molecule has 0 aromatic carbocycles. The van der Waals surface area contributed by atoms with Gasteiger partial charge in [-0.3, -0.25) is 4.98 Å². The van der Waals surface area contributed by atoms with Crippen LogP contribution in [0.5, 0.6) is 0 Å². The summed E-state index contributed by atoms with van der Waals surface area (Å²) in [4.78, 5) is 4.35. The first kappa shape index (κ1) is 11.6. The number of aliphatic hydroxyl groups is 1. The maximum absolute atomic E-state index is 10.0. The van der Waals surface area contributed by atoms with E-state index in [2.05, 4.69) is 18.0 Å². The third kappa shape index (κ3) is 2.82. The molecule has 0 aliphatic heterocycles.